The molecule has 16 heavy (non-hydrogen) atoms. The molecule has 0 aromatic rings. The SMILES string of the molecule is CC(C)(C)OC=O.O=C1CCCC(=O)N1Br. The topological polar surface area (TPSA) is 63.7 Å². The van der Waals surface area contributed by atoms with E-state index in [-0.39, 0.29) is 17.4 Å². The lowest BCUT2D eigenvalue weighted by Gasteiger charge is -2.16. The van der Waals surface area contributed by atoms with Gasteiger partial charge in [0, 0.05) is 12.8 Å². The summed E-state index contributed by atoms with van der Waals surface area (Å²) in [5, 5.41) is 0. The molecule has 1 aliphatic heterocycles. The van der Waals surface area contributed by atoms with Crippen molar-refractivity contribution in [3.63, 3.8) is 0 Å². The van der Waals surface area contributed by atoms with Gasteiger partial charge in [-0.15, -0.1) is 0 Å². The summed E-state index contributed by atoms with van der Waals surface area (Å²) in [6.45, 7) is 5.92. The first-order valence-corrected chi connectivity index (χ1v) is 5.62. The summed E-state index contributed by atoms with van der Waals surface area (Å²) in [5.74, 6) is -0.266. The van der Waals surface area contributed by atoms with Crippen LogP contribution in [0, 0.1) is 0 Å². The first kappa shape index (κ1) is 15.1. The van der Waals surface area contributed by atoms with Gasteiger partial charge in [-0.2, -0.15) is 0 Å². The predicted octanol–water partition coefficient (Wildman–Crippen LogP) is 1.79. The van der Waals surface area contributed by atoms with Crippen LogP contribution in [0.5, 0.6) is 0 Å². The Kier molecular flexibility index (Phi) is 6.25. The minimum Gasteiger partial charge on any atom is -0.462 e. The second-order valence-corrected chi connectivity index (χ2v) is 4.96. The van der Waals surface area contributed by atoms with E-state index in [2.05, 4.69) is 20.9 Å². The number of rotatable bonds is 1. The fourth-order valence-electron chi connectivity index (χ4n) is 0.871. The van der Waals surface area contributed by atoms with E-state index in [4.69, 9.17) is 0 Å². The molecule has 92 valence electrons. The molecular weight excluding hydrogens is 278 g/mol. The van der Waals surface area contributed by atoms with Crippen molar-refractivity contribution >= 4 is 34.4 Å². The van der Waals surface area contributed by atoms with Crippen LogP contribution in [0.15, 0.2) is 0 Å². The molecule has 1 rings (SSSR count). The molecule has 1 saturated heterocycles. The van der Waals surface area contributed by atoms with Crippen LogP contribution >= 0.6 is 16.1 Å². The zero-order valence-electron chi connectivity index (χ0n) is 9.66. The van der Waals surface area contributed by atoms with Crippen molar-refractivity contribution in [1.82, 2.24) is 3.93 Å². The highest BCUT2D eigenvalue weighted by Gasteiger charge is 2.22. The molecule has 0 radical (unpaired) electrons. The highest BCUT2D eigenvalue weighted by atomic mass is 79.9. The van der Waals surface area contributed by atoms with Crippen LogP contribution in [0.3, 0.4) is 0 Å². The van der Waals surface area contributed by atoms with Crippen molar-refractivity contribution in [1.29, 1.82) is 0 Å². The zero-order chi connectivity index (χ0) is 12.8. The van der Waals surface area contributed by atoms with Gasteiger partial charge in [0.2, 0.25) is 11.8 Å². The molecule has 0 atom stereocenters. The standard InChI is InChI=1S/C5H6BrNO2.C5H10O2/c6-7-4(8)2-1-3-5(7)9;1-5(2,3)7-4-6/h1-3H2;4H,1-3H3. The molecule has 0 bridgehead atoms. The van der Waals surface area contributed by atoms with Crippen LogP contribution in [0.2, 0.25) is 0 Å². The van der Waals surface area contributed by atoms with Crippen molar-refractivity contribution in [2.75, 3.05) is 0 Å². The van der Waals surface area contributed by atoms with Crippen LogP contribution < -0.4 is 0 Å². The second kappa shape index (κ2) is 6.62. The first-order chi connectivity index (χ1) is 7.28. The van der Waals surface area contributed by atoms with Crippen LogP contribution in [0.25, 0.3) is 0 Å². The maximum absolute atomic E-state index is 10.7. The quantitative estimate of drug-likeness (QED) is 0.420. The van der Waals surface area contributed by atoms with Gasteiger partial charge in [-0.05, 0) is 27.2 Å². The lowest BCUT2D eigenvalue weighted by Crippen LogP contribution is -2.31. The Balaban J connectivity index is 0.000000293. The van der Waals surface area contributed by atoms with E-state index in [1.807, 2.05) is 20.8 Å². The summed E-state index contributed by atoms with van der Waals surface area (Å²) in [6.07, 6.45) is 1.66. The third-order valence-corrected chi connectivity index (χ3v) is 2.41. The Labute approximate surface area is 103 Å². The van der Waals surface area contributed by atoms with E-state index < -0.39 is 0 Å². The third kappa shape index (κ3) is 6.55. The Bertz CT molecular complexity index is 256. The molecule has 1 heterocycles. The number of piperidine rings is 1. The largest absolute Gasteiger partial charge is 0.462 e. The zero-order valence-corrected chi connectivity index (χ0v) is 11.2. The van der Waals surface area contributed by atoms with Crippen LogP contribution in [0.4, 0.5) is 0 Å². The lowest BCUT2D eigenvalue weighted by molar-refractivity contribution is -0.140. The van der Waals surface area contributed by atoms with Crippen LogP contribution in [-0.2, 0) is 19.1 Å². The van der Waals surface area contributed by atoms with E-state index in [1.54, 1.807) is 0 Å². The second-order valence-electron chi connectivity index (χ2n) is 4.25. The van der Waals surface area contributed by atoms with E-state index in [9.17, 15) is 14.4 Å². The van der Waals surface area contributed by atoms with E-state index in [1.165, 1.54) is 0 Å². The summed E-state index contributed by atoms with van der Waals surface area (Å²) >= 11 is 2.85. The van der Waals surface area contributed by atoms with Crippen molar-refractivity contribution in [2.24, 2.45) is 0 Å². The monoisotopic (exact) mass is 293 g/mol. The molecule has 2 amide bonds. The summed E-state index contributed by atoms with van der Waals surface area (Å²) in [7, 11) is 0. The van der Waals surface area contributed by atoms with Crippen molar-refractivity contribution in [2.45, 2.75) is 45.6 Å². The molecule has 0 N–H and O–H groups in total. The van der Waals surface area contributed by atoms with E-state index in [0.717, 1.165) is 3.93 Å². The van der Waals surface area contributed by atoms with Gasteiger partial charge in [0.05, 0.1) is 16.1 Å². The van der Waals surface area contributed by atoms with Crippen molar-refractivity contribution in [3.8, 4) is 0 Å². The molecule has 0 unspecified atom stereocenters. The Morgan fingerprint density at radius 3 is 1.88 bits per heavy atom. The van der Waals surface area contributed by atoms with Gasteiger partial charge in [0.1, 0.15) is 5.60 Å². The number of halogens is 1. The average Bonchev–Trinajstić information content (AvgIpc) is 2.13. The van der Waals surface area contributed by atoms with Crippen LogP contribution in [0.1, 0.15) is 40.0 Å². The Morgan fingerprint density at radius 2 is 1.69 bits per heavy atom. The van der Waals surface area contributed by atoms with Crippen molar-refractivity contribution in [3.05, 3.63) is 0 Å². The first-order valence-electron chi connectivity index (χ1n) is 4.91. The maximum Gasteiger partial charge on any atom is 0.293 e. The molecule has 6 heteroatoms. The number of imide groups is 1. The summed E-state index contributed by atoms with van der Waals surface area (Å²) in [6, 6.07) is 0. The molecule has 0 aliphatic carbocycles. The molecule has 0 saturated carbocycles. The summed E-state index contributed by atoms with van der Waals surface area (Å²) in [4.78, 5) is 30.9. The number of hydrogen-bond acceptors (Lipinski definition) is 4. The van der Waals surface area contributed by atoms with Gasteiger partial charge in [-0.3, -0.25) is 14.4 Å². The van der Waals surface area contributed by atoms with Gasteiger partial charge in [-0.1, -0.05) is 0 Å². The van der Waals surface area contributed by atoms with E-state index in [0.29, 0.717) is 25.7 Å². The minimum absolute atomic E-state index is 0.133. The fraction of sp³-hybridized carbons (Fsp3) is 0.700. The number of ether oxygens (including phenoxy) is 1. The Morgan fingerprint density at radius 1 is 1.25 bits per heavy atom. The molecule has 0 spiro atoms. The number of hydrogen-bond donors (Lipinski definition) is 0. The molecule has 0 aromatic heterocycles. The van der Waals surface area contributed by atoms with Gasteiger partial charge < -0.3 is 4.74 Å². The number of amides is 2. The molecule has 1 aliphatic rings. The highest BCUT2D eigenvalue weighted by molar-refractivity contribution is 9.08. The summed E-state index contributed by atoms with van der Waals surface area (Å²) < 4.78 is 5.56. The highest BCUT2D eigenvalue weighted by Crippen LogP contribution is 2.14. The number of carbonyl (C=O) groups excluding carboxylic acids is 3. The summed E-state index contributed by atoms with van der Waals surface area (Å²) in [5.41, 5.74) is -0.318. The number of nitrogens with zero attached hydrogens (tertiary/aromatic N) is 1. The fourth-order valence-corrected chi connectivity index (χ4v) is 1.23. The third-order valence-electron chi connectivity index (χ3n) is 1.62. The number of carbonyl (C=O) groups is 3. The minimum atomic E-state index is -0.318. The average molecular weight is 294 g/mol. The molecule has 0 aromatic carbocycles. The van der Waals surface area contributed by atoms with Gasteiger partial charge >= 0.3 is 0 Å². The van der Waals surface area contributed by atoms with Gasteiger partial charge in [0.25, 0.3) is 6.47 Å². The van der Waals surface area contributed by atoms with E-state index >= 15 is 0 Å². The maximum atomic E-state index is 10.7. The van der Waals surface area contributed by atoms with Crippen LogP contribution in [-0.4, -0.2) is 27.8 Å². The van der Waals surface area contributed by atoms with Crippen molar-refractivity contribution < 1.29 is 19.1 Å². The van der Waals surface area contributed by atoms with Gasteiger partial charge in [0.15, 0.2) is 0 Å². The molecular formula is C10H16BrNO4. The Hall–Kier alpha value is -0.910. The molecule has 5 nitrogen and oxygen atoms in total. The normalized spacial score (nSPS) is 16.4. The smallest absolute Gasteiger partial charge is 0.293 e. The lowest BCUT2D eigenvalue weighted by atomic mass is 10.1. The molecule has 1 fully saturated rings. The predicted molar refractivity (Wildman–Crippen MR) is 61.5 cm³/mol. The van der Waals surface area contributed by atoms with Gasteiger partial charge in [-0.25, -0.2) is 3.93 Å².